The van der Waals surface area contributed by atoms with Gasteiger partial charge in [-0.2, -0.15) is 0 Å². The molecule has 0 saturated carbocycles. The average Bonchev–Trinajstić information content (AvgIpc) is 2.52. The van der Waals surface area contributed by atoms with E-state index < -0.39 is 11.5 Å². The number of hydrogen-bond donors (Lipinski definition) is 2. The van der Waals surface area contributed by atoms with Crippen LogP contribution >= 0.6 is 0 Å². The minimum atomic E-state index is -0.818. The molecular formula is C11H21N5O2. The van der Waals surface area contributed by atoms with Gasteiger partial charge in [0.05, 0.1) is 0 Å². The molecule has 0 bridgehead atoms. The second-order valence-electron chi connectivity index (χ2n) is 4.78. The maximum absolute atomic E-state index is 11.5. The summed E-state index contributed by atoms with van der Waals surface area (Å²) in [5.41, 5.74) is 7.34. The Balaban J connectivity index is 2.51. The van der Waals surface area contributed by atoms with Crippen molar-refractivity contribution in [3.05, 3.63) is 10.4 Å². The van der Waals surface area contributed by atoms with E-state index in [0.717, 1.165) is 19.5 Å². The molecule has 1 atom stereocenters. The van der Waals surface area contributed by atoms with Crippen molar-refractivity contribution in [2.45, 2.75) is 31.2 Å². The van der Waals surface area contributed by atoms with Crippen LogP contribution in [0.1, 0.15) is 25.7 Å². The highest BCUT2D eigenvalue weighted by atomic mass is 16.4. The van der Waals surface area contributed by atoms with Crippen molar-refractivity contribution in [1.82, 2.24) is 10.2 Å². The molecule has 1 aliphatic heterocycles. The number of nitrogens with zero attached hydrogens (tertiary/aromatic N) is 4. The van der Waals surface area contributed by atoms with Crippen LogP contribution in [0.15, 0.2) is 5.11 Å². The first-order chi connectivity index (χ1) is 8.60. The third-order valence-corrected chi connectivity index (χ3v) is 3.43. The van der Waals surface area contributed by atoms with E-state index in [9.17, 15) is 9.90 Å². The molecule has 7 heteroatoms. The van der Waals surface area contributed by atoms with Gasteiger partial charge in [-0.15, -0.1) is 0 Å². The Hall–Kier alpha value is -1.30. The molecular weight excluding hydrogens is 234 g/mol. The van der Waals surface area contributed by atoms with Gasteiger partial charge in [-0.1, -0.05) is 5.11 Å². The molecule has 1 fully saturated rings. The van der Waals surface area contributed by atoms with E-state index in [1.54, 1.807) is 0 Å². The number of azide groups is 1. The van der Waals surface area contributed by atoms with Crippen LogP contribution < -0.4 is 5.32 Å². The van der Waals surface area contributed by atoms with Crippen LogP contribution in [0.2, 0.25) is 0 Å². The Kier molecular flexibility index (Phi) is 5.91. The summed E-state index contributed by atoms with van der Waals surface area (Å²) in [4.78, 5) is 16.3. The number of aliphatic carboxylic acids is 1. The summed E-state index contributed by atoms with van der Waals surface area (Å²) in [6.07, 6.45) is 2.80. The third kappa shape index (κ3) is 4.18. The normalized spacial score (nSPS) is 25.2. The molecule has 7 nitrogen and oxygen atoms in total. The lowest BCUT2D eigenvalue weighted by atomic mass is 9.90. The molecule has 0 aromatic rings. The van der Waals surface area contributed by atoms with Gasteiger partial charge in [0, 0.05) is 18.0 Å². The second kappa shape index (κ2) is 7.20. The molecule has 0 aromatic heterocycles. The summed E-state index contributed by atoms with van der Waals surface area (Å²) in [7, 11) is 2.01. The Morgan fingerprint density at radius 3 is 3.00 bits per heavy atom. The van der Waals surface area contributed by atoms with Gasteiger partial charge in [0.2, 0.25) is 0 Å². The largest absolute Gasteiger partial charge is 0.480 e. The van der Waals surface area contributed by atoms with Gasteiger partial charge in [-0.05, 0) is 51.4 Å². The first-order valence-corrected chi connectivity index (χ1v) is 6.28. The molecule has 1 saturated heterocycles. The van der Waals surface area contributed by atoms with Crippen LogP contribution in [0.4, 0.5) is 0 Å². The number of carboxylic acid groups (broad SMARTS) is 1. The first kappa shape index (κ1) is 14.8. The number of hydrogen-bond acceptors (Lipinski definition) is 4. The van der Waals surface area contributed by atoms with E-state index in [4.69, 9.17) is 5.53 Å². The highest BCUT2D eigenvalue weighted by molar-refractivity contribution is 5.78. The predicted molar refractivity (Wildman–Crippen MR) is 68.3 cm³/mol. The maximum Gasteiger partial charge on any atom is 0.323 e. The fourth-order valence-electron chi connectivity index (χ4n) is 2.26. The van der Waals surface area contributed by atoms with Crippen molar-refractivity contribution < 1.29 is 9.90 Å². The van der Waals surface area contributed by atoms with E-state index in [2.05, 4.69) is 20.2 Å². The lowest BCUT2D eigenvalue weighted by Crippen LogP contribution is -2.53. The summed E-state index contributed by atoms with van der Waals surface area (Å²) >= 11 is 0. The summed E-state index contributed by atoms with van der Waals surface area (Å²) < 4.78 is 0. The maximum atomic E-state index is 11.5. The van der Waals surface area contributed by atoms with Crippen molar-refractivity contribution in [3.63, 3.8) is 0 Å². The summed E-state index contributed by atoms with van der Waals surface area (Å²) in [5.74, 6) is -0.776. The van der Waals surface area contributed by atoms with Gasteiger partial charge in [-0.25, -0.2) is 0 Å². The number of rotatable bonds is 6. The van der Waals surface area contributed by atoms with Gasteiger partial charge in [-0.3, -0.25) is 4.79 Å². The summed E-state index contributed by atoms with van der Waals surface area (Å²) in [6, 6.07) is 0. The van der Waals surface area contributed by atoms with Crippen molar-refractivity contribution in [2.24, 2.45) is 5.11 Å². The van der Waals surface area contributed by atoms with Gasteiger partial charge < -0.3 is 15.3 Å². The van der Waals surface area contributed by atoms with Crippen molar-refractivity contribution >= 4 is 5.97 Å². The van der Waals surface area contributed by atoms with E-state index in [1.165, 1.54) is 0 Å². The molecule has 0 radical (unpaired) electrons. The molecule has 0 spiro atoms. The minimum Gasteiger partial charge on any atom is -0.480 e. The van der Waals surface area contributed by atoms with E-state index >= 15 is 0 Å². The van der Waals surface area contributed by atoms with Gasteiger partial charge >= 0.3 is 5.97 Å². The molecule has 0 aliphatic carbocycles. The van der Waals surface area contributed by atoms with Crippen LogP contribution in [0.25, 0.3) is 10.4 Å². The van der Waals surface area contributed by atoms with Crippen LogP contribution in [-0.4, -0.2) is 54.7 Å². The van der Waals surface area contributed by atoms with E-state index in [1.807, 2.05) is 7.05 Å². The fourth-order valence-corrected chi connectivity index (χ4v) is 2.26. The average molecular weight is 255 g/mol. The van der Waals surface area contributed by atoms with Crippen LogP contribution in [0.3, 0.4) is 0 Å². The highest BCUT2D eigenvalue weighted by Crippen LogP contribution is 2.22. The number of carbonyl (C=O) groups is 1. The van der Waals surface area contributed by atoms with Gasteiger partial charge in [0.25, 0.3) is 0 Å². The topological polar surface area (TPSA) is 101 Å². The lowest BCUT2D eigenvalue weighted by Gasteiger charge is -2.29. The fraction of sp³-hybridized carbons (Fsp3) is 0.909. The van der Waals surface area contributed by atoms with Crippen molar-refractivity contribution in [1.29, 1.82) is 0 Å². The Bertz CT molecular complexity index is 329. The van der Waals surface area contributed by atoms with Crippen molar-refractivity contribution in [3.8, 4) is 0 Å². The molecule has 1 heterocycles. The monoisotopic (exact) mass is 255 g/mol. The zero-order chi connectivity index (χ0) is 13.4. The molecule has 1 unspecified atom stereocenters. The van der Waals surface area contributed by atoms with E-state index in [0.29, 0.717) is 32.4 Å². The highest BCUT2D eigenvalue weighted by Gasteiger charge is 2.38. The minimum absolute atomic E-state index is 0.402. The molecule has 0 amide bonds. The molecule has 18 heavy (non-hydrogen) atoms. The molecule has 2 N–H and O–H groups in total. The van der Waals surface area contributed by atoms with Crippen LogP contribution in [0, 0.1) is 0 Å². The predicted octanol–water partition coefficient (Wildman–Crippen LogP) is 1.22. The molecule has 0 aromatic carbocycles. The standard InChI is InChI=1S/C11H21N5O2/c1-16-8-2-4-11(5-9-16,10(17)18)13-6-3-7-14-15-12/h13H,2-9H2,1H3,(H,17,18). The van der Waals surface area contributed by atoms with Gasteiger partial charge in [0.1, 0.15) is 5.54 Å². The van der Waals surface area contributed by atoms with Crippen LogP contribution in [-0.2, 0) is 4.79 Å². The Labute approximate surface area is 107 Å². The first-order valence-electron chi connectivity index (χ1n) is 6.28. The zero-order valence-electron chi connectivity index (χ0n) is 10.8. The summed E-state index contributed by atoms with van der Waals surface area (Å²) in [5, 5.41) is 16.0. The Morgan fingerprint density at radius 2 is 2.33 bits per heavy atom. The number of likely N-dealkylation sites (tertiary alicyclic amines) is 1. The Morgan fingerprint density at radius 1 is 1.56 bits per heavy atom. The van der Waals surface area contributed by atoms with Gasteiger partial charge in [0.15, 0.2) is 0 Å². The smallest absolute Gasteiger partial charge is 0.323 e. The molecule has 102 valence electrons. The third-order valence-electron chi connectivity index (χ3n) is 3.43. The lowest BCUT2D eigenvalue weighted by molar-refractivity contribution is -0.145. The van der Waals surface area contributed by atoms with Crippen molar-refractivity contribution in [2.75, 3.05) is 33.2 Å². The number of nitrogens with one attached hydrogen (secondary N) is 1. The van der Waals surface area contributed by atoms with Crippen LogP contribution in [0.5, 0.6) is 0 Å². The number of carboxylic acids is 1. The SMILES string of the molecule is CN1CCCC(NCCCN=[N+]=[N-])(C(=O)O)CC1. The quantitative estimate of drug-likeness (QED) is 0.322. The second-order valence-corrected chi connectivity index (χ2v) is 4.78. The molecule has 1 aliphatic rings. The van der Waals surface area contributed by atoms with E-state index in [-0.39, 0.29) is 0 Å². The molecule has 1 rings (SSSR count). The zero-order valence-corrected chi connectivity index (χ0v) is 10.8. The summed E-state index contributed by atoms with van der Waals surface area (Å²) in [6.45, 7) is 2.69.